The maximum absolute atomic E-state index is 4.71. The SMILES string of the molecule is C=C/C=C(\c1cc(-c2n[nH]c3ccc(C4CCNCC4)cc23)[nH]c1C)N1CCN(C)CC1. The Balaban J connectivity index is 1.50. The number of nitrogens with zero attached hydrogens (tertiary/aromatic N) is 3. The van der Waals surface area contributed by atoms with Crippen LogP contribution < -0.4 is 5.32 Å². The van der Waals surface area contributed by atoms with Crippen LogP contribution in [0.25, 0.3) is 28.0 Å². The first-order chi connectivity index (χ1) is 15.6. The van der Waals surface area contributed by atoms with Gasteiger partial charge >= 0.3 is 0 Å². The number of piperazine rings is 1. The predicted molar refractivity (Wildman–Crippen MR) is 133 cm³/mol. The summed E-state index contributed by atoms with van der Waals surface area (Å²) in [6.45, 7) is 12.5. The molecule has 0 atom stereocenters. The molecule has 6 heteroatoms. The molecule has 168 valence electrons. The van der Waals surface area contributed by atoms with Gasteiger partial charge in [0.1, 0.15) is 5.69 Å². The zero-order chi connectivity index (χ0) is 22.1. The molecule has 2 aromatic heterocycles. The average molecular weight is 431 g/mol. The monoisotopic (exact) mass is 430 g/mol. The van der Waals surface area contributed by atoms with E-state index in [1.807, 2.05) is 6.08 Å². The third-order valence-electron chi connectivity index (χ3n) is 7.06. The standard InChI is InChI=1S/C26H34N6/c1-4-5-25(32-14-12-31(3)13-15-32)21-17-24(28-18(21)2)26-22-16-20(6-7-23(22)29-30-26)19-8-10-27-11-9-19/h4-7,16-17,19,27-28H,1,8-15H2,2-3H3,(H,29,30)/b25-5+. The highest BCUT2D eigenvalue weighted by Crippen LogP contribution is 2.34. The minimum atomic E-state index is 0.628. The molecule has 0 bridgehead atoms. The number of aromatic amines is 2. The van der Waals surface area contributed by atoms with Gasteiger partial charge in [-0.15, -0.1) is 0 Å². The number of rotatable bonds is 5. The Morgan fingerprint density at radius 1 is 1.12 bits per heavy atom. The van der Waals surface area contributed by atoms with Crippen LogP contribution in [0.2, 0.25) is 0 Å². The first-order valence-electron chi connectivity index (χ1n) is 11.8. The summed E-state index contributed by atoms with van der Waals surface area (Å²) in [6.07, 6.45) is 6.44. The van der Waals surface area contributed by atoms with Crippen LogP contribution in [0.4, 0.5) is 0 Å². The second-order valence-corrected chi connectivity index (χ2v) is 9.20. The van der Waals surface area contributed by atoms with E-state index in [-0.39, 0.29) is 0 Å². The molecule has 32 heavy (non-hydrogen) atoms. The van der Waals surface area contributed by atoms with E-state index in [0.717, 1.165) is 61.9 Å². The maximum atomic E-state index is 4.71. The molecule has 3 aromatic rings. The molecule has 2 fully saturated rings. The average Bonchev–Trinajstić information content (AvgIpc) is 3.41. The van der Waals surface area contributed by atoms with E-state index in [1.54, 1.807) is 0 Å². The van der Waals surface area contributed by atoms with Crippen LogP contribution in [0.3, 0.4) is 0 Å². The van der Waals surface area contributed by atoms with E-state index in [1.165, 1.54) is 35.1 Å². The van der Waals surface area contributed by atoms with Crippen molar-refractivity contribution in [1.29, 1.82) is 0 Å². The van der Waals surface area contributed by atoms with Crippen LogP contribution in [-0.4, -0.2) is 71.3 Å². The van der Waals surface area contributed by atoms with E-state index >= 15 is 0 Å². The number of hydrogen-bond donors (Lipinski definition) is 3. The van der Waals surface area contributed by atoms with Gasteiger partial charge in [-0.1, -0.05) is 18.7 Å². The number of aromatic nitrogens is 3. The summed E-state index contributed by atoms with van der Waals surface area (Å²) >= 11 is 0. The van der Waals surface area contributed by atoms with Crippen molar-refractivity contribution in [2.75, 3.05) is 46.3 Å². The van der Waals surface area contributed by atoms with E-state index in [9.17, 15) is 0 Å². The molecule has 0 radical (unpaired) electrons. The Morgan fingerprint density at radius 3 is 2.66 bits per heavy atom. The highest BCUT2D eigenvalue weighted by Gasteiger charge is 2.22. The molecule has 2 aliphatic heterocycles. The highest BCUT2D eigenvalue weighted by atomic mass is 15.3. The van der Waals surface area contributed by atoms with Crippen molar-refractivity contribution < 1.29 is 0 Å². The van der Waals surface area contributed by atoms with Crippen molar-refractivity contribution in [3.8, 4) is 11.4 Å². The van der Waals surface area contributed by atoms with E-state index < -0.39 is 0 Å². The number of aryl methyl sites for hydroxylation is 1. The van der Waals surface area contributed by atoms with Crippen molar-refractivity contribution in [3.63, 3.8) is 0 Å². The highest BCUT2D eigenvalue weighted by molar-refractivity contribution is 5.93. The zero-order valence-electron chi connectivity index (χ0n) is 19.2. The van der Waals surface area contributed by atoms with Gasteiger partial charge in [0.2, 0.25) is 0 Å². The predicted octanol–water partition coefficient (Wildman–Crippen LogP) is 4.11. The summed E-state index contributed by atoms with van der Waals surface area (Å²) in [5, 5.41) is 12.6. The van der Waals surface area contributed by atoms with Gasteiger partial charge in [0, 0.05) is 48.5 Å². The second kappa shape index (κ2) is 8.96. The Hall–Kier alpha value is -2.83. The van der Waals surface area contributed by atoms with Gasteiger partial charge in [-0.3, -0.25) is 5.10 Å². The Labute approximate surface area is 190 Å². The molecule has 0 saturated carbocycles. The number of fused-ring (bicyclic) bond motifs is 1. The third-order valence-corrected chi connectivity index (χ3v) is 7.06. The number of H-pyrrole nitrogens is 2. The molecule has 3 N–H and O–H groups in total. The number of allylic oxidation sites excluding steroid dienone is 2. The minimum absolute atomic E-state index is 0.628. The van der Waals surface area contributed by atoms with Crippen molar-refractivity contribution in [2.24, 2.45) is 0 Å². The maximum Gasteiger partial charge on any atom is 0.116 e. The summed E-state index contributed by atoms with van der Waals surface area (Å²) in [6, 6.07) is 9.06. The van der Waals surface area contributed by atoms with Gasteiger partial charge in [-0.25, -0.2) is 0 Å². The van der Waals surface area contributed by atoms with E-state index in [0.29, 0.717) is 5.92 Å². The van der Waals surface area contributed by atoms with Gasteiger partial charge < -0.3 is 20.1 Å². The Kier molecular flexibility index (Phi) is 5.89. The topological polar surface area (TPSA) is 63.0 Å². The van der Waals surface area contributed by atoms with Crippen molar-refractivity contribution in [2.45, 2.75) is 25.7 Å². The molecular formula is C26H34N6. The van der Waals surface area contributed by atoms with Gasteiger partial charge in [-0.2, -0.15) is 5.10 Å². The van der Waals surface area contributed by atoms with Crippen LogP contribution >= 0.6 is 0 Å². The lowest BCUT2D eigenvalue weighted by molar-refractivity contribution is 0.207. The molecule has 0 aliphatic carbocycles. The quantitative estimate of drug-likeness (QED) is 0.533. The Bertz CT molecular complexity index is 1120. The fourth-order valence-electron chi connectivity index (χ4n) is 5.12. The molecule has 5 rings (SSSR count). The van der Waals surface area contributed by atoms with Crippen LogP contribution in [0.1, 0.15) is 35.6 Å². The first-order valence-corrected chi connectivity index (χ1v) is 11.8. The van der Waals surface area contributed by atoms with Crippen LogP contribution in [0.5, 0.6) is 0 Å². The van der Waals surface area contributed by atoms with Crippen LogP contribution in [0, 0.1) is 6.92 Å². The largest absolute Gasteiger partial charge is 0.368 e. The van der Waals surface area contributed by atoms with Gasteiger partial charge in [0.15, 0.2) is 0 Å². The first kappa shape index (κ1) is 21.0. The Morgan fingerprint density at radius 2 is 1.91 bits per heavy atom. The minimum Gasteiger partial charge on any atom is -0.368 e. The molecule has 2 saturated heterocycles. The molecule has 2 aliphatic rings. The number of nitrogens with one attached hydrogen (secondary N) is 3. The molecule has 0 unspecified atom stereocenters. The summed E-state index contributed by atoms with van der Waals surface area (Å²) in [7, 11) is 2.19. The smallest absolute Gasteiger partial charge is 0.116 e. The van der Waals surface area contributed by atoms with Gasteiger partial charge in [-0.05, 0) is 75.7 Å². The lowest BCUT2D eigenvalue weighted by atomic mass is 9.89. The number of hydrogen-bond acceptors (Lipinski definition) is 4. The van der Waals surface area contributed by atoms with Crippen LogP contribution in [-0.2, 0) is 0 Å². The lowest BCUT2D eigenvalue weighted by Crippen LogP contribution is -2.43. The normalized spacial score (nSPS) is 19.1. The van der Waals surface area contributed by atoms with E-state index in [2.05, 4.69) is 76.1 Å². The summed E-state index contributed by atoms with van der Waals surface area (Å²) in [5.74, 6) is 0.628. The number of likely N-dealkylation sites (N-methyl/N-ethyl adjacent to an activating group) is 1. The summed E-state index contributed by atoms with van der Waals surface area (Å²) in [4.78, 5) is 8.47. The molecule has 4 heterocycles. The second-order valence-electron chi connectivity index (χ2n) is 9.20. The molecule has 1 aromatic carbocycles. The summed E-state index contributed by atoms with van der Waals surface area (Å²) < 4.78 is 0. The van der Waals surface area contributed by atoms with Gasteiger partial charge in [0.25, 0.3) is 0 Å². The van der Waals surface area contributed by atoms with Crippen LogP contribution in [0.15, 0.2) is 43.0 Å². The zero-order valence-corrected chi connectivity index (χ0v) is 19.2. The molecule has 0 spiro atoms. The van der Waals surface area contributed by atoms with Gasteiger partial charge in [0.05, 0.1) is 11.2 Å². The molecule has 0 amide bonds. The lowest BCUT2D eigenvalue weighted by Gasteiger charge is -2.35. The molecular weight excluding hydrogens is 396 g/mol. The molecule has 6 nitrogen and oxygen atoms in total. The fourth-order valence-corrected chi connectivity index (χ4v) is 5.12. The van der Waals surface area contributed by atoms with Crippen molar-refractivity contribution in [3.05, 3.63) is 59.8 Å². The number of piperidine rings is 1. The van der Waals surface area contributed by atoms with Crippen molar-refractivity contribution >= 4 is 16.6 Å². The third kappa shape index (κ3) is 4.00. The van der Waals surface area contributed by atoms with E-state index in [4.69, 9.17) is 5.10 Å². The fraction of sp³-hybridized carbons (Fsp3) is 0.423. The number of benzene rings is 1. The summed E-state index contributed by atoms with van der Waals surface area (Å²) in [5.41, 5.74) is 8.22. The van der Waals surface area contributed by atoms with Crippen molar-refractivity contribution in [1.82, 2.24) is 30.3 Å².